The third-order valence-corrected chi connectivity index (χ3v) is 1.85. The lowest BCUT2D eigenvalue weighted by Crippen LogP contribution is -2.09. The second-order valence-corrected chi connectivity index (χ2v) is 2.59. The van der Waals surface area contributed by atoms with Crippen molar-refractivity contribution >= 4 is 5.78 Å². The molecule has 10 heavy (non-hydrogen) atoms. The highest BCUT2D eigenvalue weighted by Crippen LogP contribution is 2.20. The molecule has 54 valence electrons. The minimum atomic E-state index is 0.0880. The number of rotatable bonds is 2. The first kappa shape index (κ1) is 7.26. The lowest BCUT2D eigenvalue weighted by atomic mass is 9.98. The van der Waals surface area contributed by atoms with Crippen LogP contribution in [0.3, 0.4) is 0 Å². The van der Waals surface area contributed by atoms with Crippen LogP contribution in [0.1, 0.15) is 20.3 Å². The van der Waals surface area contributed by atoms with Crippen molar-refractivity contribution < 1.29 is 4.79 Å². The molecular formula is C9H12O. The monoisotopic (exact) mass is 136 g/mol. The Morgan fingerprint density at radius 3 is 2.80 bits per heavy atom. The van der Waals surface area contributed by atoms with E-state index in [9.17, 15) is 4.79 Å². The molecule has 0 aromatic rings. The standard InChI is InChI=1S/C9H12O/c1-3-9(10)8-6-4-5-7(8)2/h4-6,8H,3H2,1-2H3. The van der Waals surface area contributed by atoms with Gasteiger partial charge in [-0.25, -0.2) is 0 Å². The molecule has 0 N–H and O–H groups in total. The van der Waals surface area contributed by atoms with Crippen molar-refractivity contribution in [3.05, 3.63) is 23.8 Å². The molecule has 0 heterocycles. The van der Waals surface area contributed by atoms with Crippen molar-refractivity contribution in [2.45, 2.75) is 20.3 Å². The highest BCUT2D eigenvalue weighted by atomic mass is 16.1. The zero-order valence-electron chi connectivity index (χ0n) is 6.42. The number of Topliss-reactive ketones (excluding diaryl/α,β-unsaturated/α-hetero) is 1. The largest absolute Gasteiger partial charge is 0.299 e. The number of ketones is 1. The van der Waals surface area contributed by atoms with E-state index in [0.29, 0.717) is 12.2 Å². The molecular weight excluding hydrogens is 124 g/mol. The van der Waals surface area contributed by atoms with Gasteiger partial charge >= 0.3 is 0 Å². The molecule has 0 bridgehead atoms. The van der Waals surface area contributed by atoms with Crippen LogP contribution in [-0.4, -0.2) is 5.78 Å². The van der Waals surface area contributed by atoms with E-state index in [1.54, 1.807) is 0 Å². The Morgan fingerprint density at radius 1 is 1.70 bits per heavy atom. The zero-order valence-corrected chi connectivity index (χ0v) is 6.42. The lowest BCUT2D eigenvalue weighted by Gasteiger charge is -2.05. The van der Waals surface area contributed by atoms with E-state index in [-0.39, 0.29) is 5.92 Å². The summed E-state index contributed by atoms with van der Waals surface area (Å²) in [6.45, 7) is 3.90. The summed E-state index contributed by atoms with van der Waals surface area (Å²) in [6, 6.07) is 0. The Morgan fingerprint density at radius 2 is 2.40 bits per heavy atom. The van der Waals surface area contributed by atoms with E-state index in [1.165, 1.54) is 5.57 Å². The molecule has 1 rings (SSSR count). The predicted octanol–water partition coefficient (Wildman–Crippen LogP) is 2.10. The fraction of sp³-hybridized carbons (Fsp3) is 0.444. The first-order valence-electron chi connectivity index (χ1n) is 3.63. The highest BCUT2D eigenvalue weighted by molar-refractivity contribution is 5.86. The van der Waals surface area contributed by atoms with Crippen molar-refractivity contribution in [3.8, 4) is 0 Å². The van der Waals surface area contributed by atoms with E-state index in [4.69, 9.17) is 0 Å². The number of carbonyl (C=O) groups excluding carboxylic acids is 1. The van der Waals surface area contributed by atoms with Crippen molar-refractivity contribution in [1.29, 1.82) is 0 Å². The van der Waals surface area contributed by atoms with Gasteiger partial charge in [0.2, 0.25) is 0 Å². The van der Waals surface area contributed by atoms with E-state index in [1.807, 2.05) is 32.1 Å². The number of hydrogen-bond donors (Lipinski definition) is 0. The van der Waals surface area contributed by atoms with Gasteiger partial charge in [0.15, 0.2) is 0 Å². The quantitative estimate of drug-likeness (QED) is 0.568. The smallest absolute Gasteiger partial charge is 0.143 e. The van der Waals surface area contributed by atoms with Gasteiger partial charge in [0, 0.05) is 6.42 Å². The van der Waals surface area contributed by atoms with Gasteiger partial charge in [0.1, 0.15) is 5.78 Å². The Balaban J connectivity index is 2.66. The third kappa shape index (κ3) is 1.18. The fourth-order valence-electron chi connectivity index (χ4n) is 1.16. The van der Waals surface area contributed by atoms with Crippen LogP contribution >= 0.6 is 0 Å². The van der Waals surface area contributed by atoms with Gasteiger partial charge < -0.3 is 0 Å². The van der Waals surface area contributed by atoms with Crippen LogP contribution in [0.25, 0.3) is 0 Å². The number of carbonyl (C=O) groups is 1. The maximum absolute atomic E-state index is 11.1. The van der Waals surface area contributed by atoms with Crippen LogP contribution in [0, 0.1) is 5.92 Å². The predicted molar refractivity (Wildman–Crippen MR) is 41.7 cm³/mol. The molecule has 0 saturated carbocycles. The minimum Gasteiger partial charge on any atom is -0.299 e. The molecule has 0 aliphatic heterocycles. The average Bonchev–Trinajstić information content (AvgIpc) is 2.34. The van der Waals surface area contributed by atoms with Crippen molar-refractivity contribution in [2.75, 3.05) is 0 Å². The molecule has 1 nitrogen and oxygen atoms in total. The third-order valence-electron chi connectivity index (χ3n) is 1.85. The van der Waals surface area contributed by atoms with Gasteiger partial charge in [0.25, 0.3) is 0 Å². The molecule has 0 spiro atoms. The van der Waals surface area contributed by atoms with E-state index in [2.05, 4.69) is 0 Å². The summed E-state index contributed by atoms with van der Waals surface area (Å²) in [4.78, 5) is 11.1. The van der Waals surface area contributed by atoms with E-state index < -0.39 is 0 Å². The molecule has 1 unspecified atom stereocenters. The lowest BCUT2D eigenvalue weighted by molar-refractivity contribution is -0.120. The molecule has 0 amide bonds. The maximum Gasteiger partial charge on any atom is 0.143 e. The van der Waals surface area contributed by atoms with Crippen LogP contribution < -0.4 is 0 Å². The van der Waals surface area contributed by atoms with Crippen molar-refractivity contribution in [2.24, 2.45) is 5.92 Å². The summed E-state index contributed by atoms with van der Waals surface area (Å²) < 4.78 is 0. The second-order valence-electron chi connectivity index (χ2n) is 2.59. The second kappa shape index (κ2) is 2.82. The topological polar surface area (TPSA) is 17.1 Å². The molecule has 0 saturated heterocycles. The molecule has 1 heteroatoms. The van der Waals surface area contributed by atoms with Gasteiger partial charge in [-0.2, -0.15) is 0 Å². The molecule has 1 aliphatic carbocycles. The summed E-state index contributed by atoms with van der Waals surface area (Å²) in [5.41, 5.74) is 1.17. The minimum absolute atomic E-state index is 0.0880. The summed E-state index contributed by atoms with van der Waals surface area (Å²) >= 11 is 0. The van der Waals surface area contributed by atoms with Gasteiger partial charge in [-0.05, 0) is 6.92 Å². The van der Waals surface area contributed by atoms with Crippen LogP contribution in [0.4, 0.5) is 0 Å². The van der Waals surface area contributed by atoms with Crippen molar-refractivity contribution in [1.82, 2.24) is 0 Å². The Bertz CT molecular complexity index is 199. The van der Waals surface area contributed by atoms with Crippen LogP contribution in [-0.2, 0) is 4.79 Å². The normalized spacial score (nSPS) is 23.0. The number of allylic oxidation sites excluding steroid dienone is 4. The van der Waals surface area contributed by atoms with Crippen LogP contribution in [0.15, 0.2) is 23.8 Å². The molecule has 1 aliphatic rings. The molecule has 0 aromatic carbocycles. The van der Waals surface area contributed by atoms with Gasteiger partial charge in [0.05, 0.1) is 5.92 Å². The van der Waals surface area contributed by atoms with E-state index >= 15 is 0 Å². The summed E-state index contributed by atoms with van der Waals surface area (Å²) in [5, 5.41) is 0. The summed E-state index contributed by atoms with van der Waals surface area (Å²) in [6.07, 6.45) is 6.55. The molecule has 0 radical (unpaired) electrons. The van der Waals surface area contributed by atoms with Gasteiger partial charge in [-0.3, -0.25) is 4.79 Å². The molecule has 1 atom stereocenters. The molecule has 0 fully saturated rings. The summed E-state index contributed by atoms with van der Waals surface area (Å²) in [7, 11) is 0. The van der Waals surface area contributed by atoms with Gasteiger partial charge in [-0.1, -0.05) is 30.7 Å². The Kier molecular flexibility index (Phi) is 2.05. The Hall–Kier alpha value is -0.850. The Labute approximate surface area is 61.4 Å². The fourth-order valence-corrected chi connectivity index (χ4v) is 1.16. The zero-order chi connectivity index (χ0) is 7.56. The first-order chi connectivity index (χ1) is 4.75. The average molecular weight is 136 g/mol. The number of hydrogen-bond acceptors (Lipinski definition) is 1. The van der Waals surface area contributed by atoms with Crippen LogP contribution in [0.5, 0.6) is 0 Å². The van der Waals surface area contributed by atoms with Crippen molar-refractivity contribution in [3.63, 3.8) is 0 Å². The van der Waals surface area contributed by atoms with Crippen LogP contribution in [0.2, 0.25) is 0 Å². The summed E-state index contributed by atoms with van der Waals surface area (Å²) in [5.74, 6) is 0.410. The maximum atomic E-state index is 11.1. The highest BCUT2D eigenvalue weighted by Gasteiger charge is 2.16. The van der Waals surface area contributed by atoms with E-state index in [0.717, 1.165) is 0 Å². The SMILES string of the molecule is CCC(=O)C1C=CC=C1C. The van der Waals surface area contributed by atoms with Gasteiger partial charge in [-0.15, -0.1) is 0 Å². The molecule has 0 aromatic heterocycles. The first-order valence-corrected chi connectivity index (χ1v) is 3.63.